The molecule has 0 unspecified atom stereocenters. The summed E-state index contributed by atoms with van der Waals surface area (Å²) in [6.45, 7) is 0. The molecule has 2 N–H and O–H groups in total. The molecule has 0 aliphatic heterocycles. The lowest BCUT2D eigenvalue weighted by Gasteiger charge is -2.03. The number of H-pyrrole nitrogens is 1. The van der Waals surface area contributed by atoms with Gasteiger partial charge in [0.1, 0.15) is 11.4 Å². The number of aromatic nitrogens is 2. The van der Waals surface area contributed by atoms with Crippen molar-refractivity contribution >= 4 is 28.1 Å². The summed E-state index contributed by atoms with van der Waals surface area (Å²) < 4.78 is 5.98. The molecular formula is C18H15BrN4O2. The fourth-order valence-corrected chi connectivity index (χ4v) is 2.74. The predicted octanol–water partition coefficient (Wildman–Crippen LogP) is 3.61. The quantitative estimate of drug-likeness (QED) is 0.508. The van der Waals surface area contributed by atoms with E-state index in [9.17, 15) is 4.79 Å². The standard InChI is InChI=1S/C18H15BrN4O2/c1-25-17-8-7-12(9-14(17)19)11-20-23-18(24)16-10-15(21-22-16)13-5-3-2-4-6-13/h2-11H,1H3,(H,21,22)(H,23,24)/b20-11-. The van der Waals surface area contributed by atoms with Crippen molar-refractivity contribution < 1.29 is 9.53 Å². The Hall–Kier alpha value is -2.93. The number of nitrogens with one attached hydrogen (secondary N) is 2. The minimum Gasteiger partial charge on any atom is -0.496 e. The largest absolute Gasteiger partial charge is 0.496 e. The maximum atomic E-state index is 12.1. The van der Waals surface area contributed by atoms with Gasteiger partial charge in [-0.2, -0.15) is 10.2 Å². The Labute approximate surface area is 153 Å². The highest BCUT2D eigenvalue weighted by atomic mass is 79.9. The average molecular weight is 399 g/mol. The van der Waals surface area contributed by atoms with Crippen LogP contribution in [-0.2, 0) is 0 Å². The Morgan fingerprint density at radius 3 is 2.76 bits per heavy atom. The highest BCUT2D eigenvalue weighted by molar-refractivity contribution is 9.10. The van der Waals surface area contributed by atoms with Gasteiger partial charge < -0.3 is 4.74 Å². The van der Waals surface area contributed by atoms with Gasteiger partial charge >= 0.3 is 0 Å². The molecule has 3 aromatic rings. The maximum Gasteiger partial charge on any atom is 0.289 e. The van der Waals surface area contributed by atoms with Gasteiger partial charge in [-0.3, -0.25) is 9.89 Å². The molecular weight excluding hydrogens is 384 g/mol. The molecule has 25 heavy (non-hydrogen) atoms. The number of nitrogens with zero attached hydrogens (tertiary/aromatic N) is 2. The molecule has 7 heteroatoms. The van der Waals surface area contributed by atoms with E-state index in [4.69, 9.17) is 4.74 Å². The summed E-state index contributed by atoms with van der Waals surface area (Å²) in [5.41, 5.74) is 5.27. The lowest BCUT2D eigenvalue weighted by molar-refractivity contribution is 0.0950. The zero-order valence-corrected chi connectivity index (χ0v) is 14.9. The highest BCUT2D eigenvalue weighted by Crippen LogP contribution is 2.24. The molecule has 0 fully saturated rings. The van der Waals surface area contributed by atoms with Gasteiger partial charge in [-0.15, -0.1) is 0 Å². The summed E-state index contributed by atoms with van der Waals surface area (Å²) in [4.78, 5) is 12.1. The Morgan fingerprint density at radius 1 is 1.24 bits per heavy atom. The zero-order chi connectivity index (χ0) is 17.6. The zero-order valence-electron chi connectivity index (χ0n) is 13.4. The van der Waals surface area contributed by atoms with Gasteiger partial charge in [0.05, 0.1) is 23.5 Å². The van der Waals surface area contributed by atoms with Crippen LogP contribution in [0, 0.1) is 0 Å². The van der Waals surface area contributed by atoms with Crippen molar-refractivity contribution in [3.05, 3.63) is 70.3 Å². The number of ether oxygens (including phenoxy) is 1. The van der Waals surface area contributed by atoms with E-state index in [1.807, 2.05) is 48.5 Å². The molecule has 6 nitrogen and oxygen atoms in total. The topological polar surface area (TPSA) is 79.4 Å². The third-order valence-corrected chi connectivity index (χ3v) is 4.07. The van der Waals surface area contributed by atoms with Crippen LogP contribution in [0.25, 0.3) is 11.3 Å². The minimum absolute atomic E-state index is 0.340. The van der Waals surface area contributed by atoms with Crippen molar-refractivity contribution in [3.63, 3.8) is 0 Å². The molecule has 0 saturated carbocycles. The minimum atomic E-state index is -0.362. The first-order valence-electron chi connectivity index (χ1n) is 7.45. The second-order valence-electron chi connectivity index (χ2n) is 5.13. The van der Waals surface area contributed by atoms with Crippen molar-refractivity contribution in [2.75, 3.05) is 7.11 Å². The highest BCUT2D eigenvalue weighted by Gasteiger charge is 2.10. The average Bonchev–Trinajstić information content (AvgIpc) is 3.13. The number of aromatic amines is 1. The first kappa shape index (κ1) is 16.9. The van der Waals surface area contributed by atoms with Crippen LogP contribution in [0.2, 0.25) is 0 Å². The van der Waals surface area contributed by atoms with E-state index in [1.54, 1.807) is 19.4 Å². The SMILES string of the molecule is COc1ccc(/C=N\NC(=O)c2cc(-c3ccccc3)n[nH]2)cc1Br. The first-order valence-corrected chi connectivity index (χ1v) is 8.24. The molecule has 126 valence electrons. The lowest BCUT2D eigenvalue weighted by atomic mass is 10.1. The smallest absolute Gasteiger partial charge is 0.289 e. The van der Waals surface area contributed by atoms with Gasteiger partial charge in [0.2, 0.25) is 0 Å². The molecule has 1 aromatic heterocycles. The van der Waals surface area contributed by atoms with Crippen LogP contribution >= 0.6 is 15.9 Å². The van der Waals surface area contributed by atoms with Crippen molar-refractivity contribution in [2.24, 2.45) is 5.10 Å². The van der Waals surface area contributed by atoms with Crippen LogP contribution < -0.4 is 10.2 Å². The van der Waals surface area contributed by atoms with Crippen LogP contribution in [0.15, 0.2) is 64.2 Å². The Kier molecular flexibility index (Phi) is 5.25. The fourth-order valence-electron chi connectivity index (χ4n) is 2.18. The van der Waals surface area contributed by atoms with E-state index in [0.717, 1.165) is 21.3 Å². The van der Waals surface area contributed by atoms with Gasteiger partial charge in [0.15, 0.2) is 0 Å². The van der Waals surface area contributed by atoms with E-state index >= 15 is 0 Å². The van der Waals surface area contributed by atoms with Crippen LogP contribution in [-0.4, -0.2) is 29.4 Å². The van der Waals surface area contributed by atoms with Gasteiger partial charge in [0.25, 0.3) is 5.91 Å². The number of halogens is 1. The summed E-state index contributed by atoms with van der Waals surface area (Å²) in [6.07, 6.45) is 1.55. The lowest BCUT2D eigenvalue weighted by Crippen LogP contribution is -2.18. The molecule has 0 bridgehead atoms. The third kappa shape index (κ3) is 4.13. The van der Waals surface area contributed by atoms with Crippen molar-refractivity contribution in [1.29, 1.82) is 0 Å². The molecule has 0 atom stereocenters. The van der Waals surface area contributed by atoms with Crippen LogP contribution in [0.5, 0.6) is 5.75 Å². The van der Waals surface area contributed by atoms with Crippen molar-refractivity contribution in [3.8, 4) is 17.0 Å². The number of carbonyl (C=O) groups excluding carboxylic acids is 1. The van der Waals surface area contributed by atoms with Crippen molar-refractivity contribution in [2.45, 2.75) is 0 Å². The monoisotopic (exact) mass is 398 g/mol. The second kappa shape index (κ2) is 7.76. The van der Waals surface area contributed by atoms with E-state index in [1.165, 1.54) is 0 Å². The Bertz CT molecular complexity index is 906. The number of benzene rings is 2. The summed E-state index contributed by atoms with van der Waals surface area (Å²) in [6, 6.07) is 16.8. The van der Waals surface area contributed by atoms with Gasteiger partial charge in [0, 0.05) is 5.56 Å². The van der Waals surface area contributed by atoms with E-state index < -0.39 is 0 Å². The number of hydrogen-bond donors (Lipinski definition) is 2. The van der Waals surface area contributed by atoms with Gasteiger partial charge in [-0.1, -0.05) is 30.3 Å². The molecule has 3 rings (SSSR count). The molecule has 2 aromatic carbocycles. The number of hydrogen-bond acceptors (Lipinski definition) is 4. The molecule has 0 saturated heterocycles. The predicted molar refractivity (Wildman–Crippen MR) is 99.8 cm³/mol. The maximum absolute atomic E-state index is 12.1. The fraction of sp³-hybridized carbons (Fsp3) is 0.0556. The summed E-state index contributed by atoms with van der Waals surface area (Å²) in [5, 5.41) is 10.8. The number of carbonyl (C=O) groups is 1. The summed E-state index contributed by atoms with van der Waals surface area (Å²) in [5.74, 6) is 0.366. The van der Waals surface area contributed by atoms with Gasteiger partial charge in [-0.05, 0) is 45.8 Å². The van der Waals surface area contributed by atoms with Crippen LogP contribution in [0.1, 0.15) is 16.1 Å². The molecule has 0 spiro atoms. The normalized spacial score (nSPS) is 10.8. The molecule has 0 aliphatic carbocycles. The van der Waals surface area contributed by atoms with Crippen molar-refractivity contribution in [1.82, 2.24) is 15.6 Å². The summed E-state index contributed by atoms with van der Waals surface area (Å²) >= 11 is 3.40. The molecule has 1 heterocycles. The van der Waals surface area contributed by atoms with E-state index in [-0.39, 0.29) is 5.91 Å². The van der Waals surface area contributed by atoms with Crippen LogP contribution in [0.4, 0.5) is 0 Å². The Balaban J connectivity index is 1.65. The Morgan fingerprint density at radius 2 is 2.04 bits per heavy atom. The summed E-state index contributed by atoms with van der Waals surface area (Å²) in [7, 11) is 1.60. The number of rotatable bonds is 5. The second-order valence-corrected chi connectivity index (χ2v) is 5.98. The molecule has 0 aliphatic rings. The van der Waals surface area contributed by atoms with E-state index in [2.05, 4.69) is 36.7 Å². The van der Waals surface area contributed by atoms with E-state index in [0.29, 0.717) is 11.4 Å². The molecule has 1 amide bonds. The third-order valence-electron chi connectivity index (χ3n) is 3.45. The number of amides is 1. The van der Waals surface area contributed by atoms with Gasteiger partial charge in [-0.25, -0.2) is 5.43 Å². The number of hydrazone groups is 1. The number of methoxy groups -OCH3 is 1. The first-order chi connectivity index (χ1) is 12.2. The van der Waals surface area contributed by atoms with Crippen LogP contribution in [0.3, 0.4) is 0 Å². The molecule has 0 radical (unpaired) electrons.